The number of rotatable bonds is 9. The molecule has 0 spiro atoms. The summed E-state index contributed by atoms with van der Waals surface area (Å²) < 4.78 is 45.4. The monoisotopic (exact) mass is 535 g/mol. The minimum Gasteiger partial charge on any atom is -0.497 e. The van der Waals surface area contributed by atoms with Crippen LogP contribution in [0.1, 0.15) is 46.4 Å². The number of carbonyl (C=O) groups is 1. The molecule has 2 heterocycles. The van der Waals surface area contributed by atoms with Crippen LogP contribution in [0.25, 0.3) is 22.5 Å². The molecule has 0 unspecified atom stereocenters. The van der Waals surface area contributed by atoms with E-state index in [2.05, 4.69) is 22.2 Å². The number of carbonyl (C=O) groups excluding carboxylic acids is 1. The van der Waals surface area contributed by atoms with Crippen LogP contribution in [0.15, 0.2) is 61.3 Å². The summed E-state index contributed by atoms with van der Waals surface area (Å²) in [6.07, 6.45) is -1.67. The Hall–Kier alpha value is -4.34. The highest BCUT2D eigenvalue weighted by Crippen LogP contribution is 2.31. The molecule has 0 radical (unpaired) electrons. The molecule has 1 fully saturated rings. The predicted octanol–water partition coefficient (Wildman–Crippen LogP) is 6.03. The molecule has 1 saturated carbocycles. The van der Waals surface area contributed by atoms with E-state index in [9.17, 15) is 18.0 Å². The van der Waals surface area contributed by atoms with Crippen LogP contribution in [0.2, 0.25) is 0 Å². The number of aromatic nitrogens is 3. The Morgan fingerprint density at radius 2 is 1.90 bits per heavy atom. The first-order valence-corrected chi connectivity index (χ1v) is 12.6. The van der Waals surface area contributed by atoms with Crippen molar-refractivity contribution in [2.75, 3.05) is 19.0 Å². The number of methoxy groups -OCH3 is 1. The van der Waals surface area contributed by atoms with Gasteiger partial charge >= 0.3 is 6.18 Å². The van der Waals surface area contributed by atoms with Gasteiger partial charge in [0, 0.05) is 29.3 Å². The lowest BCUT2D eigenvalue weighted by Crippen LogP contribution is -2.26. The van der Waals surface area contributed by atoms with Crippen molar-refractivity contribution >= 4 is 22.8 Å². The molecule has 5 rings (SSSR count). The number of imidazole rings is 1. The van der Waals surface area contributed by atoms with Gasteiger partial charge in [-0.15, -0.1) is 0 Å². The van der Waals surface area contributed by atoms with Gasteiger partial charge in [0.25, 0.3) is 5.91 Å². The van der Waals surface area contributed by atoms with Crippen LogP contribution >= 0.6 is 0 Å². The molecule has 2 aromatic carbocycles. The average Bonchev–Trinajstić information content (AvgIpc) is 3.61. The standard InChI is InChI=1S/C29H28F3N5O2/c1-17-14-20(6-11-23(17)28(38)35-21-7-8-21)26-16-34-27-25(33-13-12-29(30,31)32)15-24(36-37(26)27)18(2)19-4-9-22(39-3)10-5-19/h4-6,9-11,14-16,21,33H,2,7-8,12-13H2,1,3H3,(H,35,38). The summed E-state index contributed by atoms with van der Waals surface area (Å²) in [5.41, 5.74) is 5.41. The molecule has 1 aliphatic rings. The van der Waals surface area contributed by atoms with Gasteiger partial charge in [0.2, 0.25) is 0 Å². The fourth-order valence-corrected chi connectivity index (χ4v) is 4.29. The third-order valence-corrected chi connectivity index (χ3v) is 6.62. The van der Waals surface area contributed by atoms with E-state index in [0.29, 0.717) is 39.6 Å². The van der Waals surface area contributed by atoms with E-state index in [-0.39, 0.29) is 18.5 Å². The predicted molar refractivity (Wildman–Crippen MR) is 144 cm³/mol. The Kier molecular flexibility index (Phi) is 7.03. The SMILES string of the molecule is C=C(c1ccc(OC)cc1)c1cc(NCCC(F)(F)F)c2ncc(-c3ccc(C(=O)NC4CC4)c(C)c3)n2n1. The minimum atomic E-state index is -4.29. The zero-order valence-electron chi connectivity index (χ0n) is 21.6. The maximum absolute atomic E-state index is 12.9. The van der Waals surface area contributed by atoms with Crippen molar-refractivity contribution in [2.45, 2.75) is 38.4 Å². The van der Waals surface area contributed by atoms with Gasteiger partial charge in [-0.3, -0.25) is 4.79 Å². The molecule has 0 aliphatic heterocycles. The summed E-state index contributed by atoms with van der Waals surface area (Å²) in [7, 11) is 1.58. The van der Waals surface area contributed by atoms with Crippen molar-refractivity contribution in [3.8, 4) is 17.0 Å². The summed E-state index contributed by atoms with van der Waals surface area (Å²) >= 11 is 0. The normalized spacial score (nSPS) is 13.4. The van der Waals surface area contributed by atoms with Crippen LogP contribution in [-0.4, -0.2) is 46.4 Å². The Labute approximate surface area is 223 Å². The number of hydrogen-bond donors (Lipinski definition) is 2. The van der Waals surface area contributed by atoms with Crippen LogP contribution in [0.4, 0.5) is 18.9 Å². The number of nitrogens with one attached hydrogen (secondary N) is 2. The first-order chi connectivity index (χ1) is 18.6. The molecule has 2 aromatic heterocycles. The van der Waals surface area contributed by atoms with Gasteiger partial charge in [0.1, 0.15) is 5.75 Å². The lowest BCUT2D eigenvalue weighted by Gasteiger charge is -2.14. The van der Waals surface area contributed by atoms with Gasteiger partial charge in [-0.1, -0.05) is 24.8 Å². The van der Waals surface area contributed by atoms with Crippen molar-refractivity contribution in [1.29, 1.82) is 0 Å². The topological polar surface area (TPSA) is 80.5 Å². The van der Waals surface area contributed by atoms with Crippen molar-refractivity contribution in [2.24, 2.45) is 0 Å². The first-order valence-electron chi connectivity index (χ1n) is 12.6. The van der Waals surface area contributed by atoms with E-state index in [4.69, 9.17) is 9.84 Å². The highest BCUT2D eigenvalue weighted by atomic mass is 19.4. The number of fused-ring (bicyclic) bond motifs is 1. The van der Waals surface area contributed by atoms with E-state index in [1.807, 2.05) is 31.2 Å². The molecule has 0 bridgehead atoms. The van der Waals surface area contributed by atoms with Crippen molar-refractivity contribution < 1.29 is 22.7 Å². The molecule has 1 amide bonds. The molecular formula is C29H28F3N5O2. The summed E-state index contributed by atoms with van der Waals surface area (Å²) in [5.74, 6) is 0.582. The van der Waals surface area contributed by atoms with E-state index in [1.54, 1.807) is 42.1 Å². The summed E-state index contributed by atoms with van der Waals surface area (Å²) in [4.78, 5) is 17.1. The van der Waals surface area contributed by atoms with Gasteiger partial charge in [-0.05, 0) is 61.2 Å². The third kappa shape index (κ3) is 5.89. The van der Waals surface area contributed by atoms with Gasteiger partial charge in [-0.25, -0.2) is 9.50 Å². The van der Waals surface area contributed by atoms with Crippen LogP contribution in [0.3, 0.4) is 0 Å². The van der Waals surface area contributed by atoms with Crippen LogP contribution in [0, 0.1) is 6.92 Å². The number of ether oxygens (including phenoxy) is 1. The summed E-state index contributed by atoms with van der Waals surface area (Å²) in [6.45, 7) is 5.74. The van der Waals surface area contributed by atoms with E-state index < -0.39 is 12.6 Å². The minimum absolute atomic E-state index is 0.105. The Morgan fingerprint density at radius 3 is 2.54 bits per heavy atom. The number of amides is 1. The van der Waals surface area contributed by atoms with Crippen LogP contribution in [-0.2, 0) is 0 Å². The fourth-order valence-electron chi connectivity index (χ4n) is 4.29. The van der Waals surface area contributed by atoms with E-state index >= 15 is 0 Å². The van der Waals surface area contributed by atoms with Gasteiger partial charge in [-0.2, -0.15) is 18.3 Å². The molecule has 39 heavy (non-hydrogen) atoms. The molecule has 4 aromatic rings. The fraction of sp³-hybridized carbons (Fsp3) is 0.276. The molecular weight excluding hydrogens is 507 g/mol. The molecule has 202 valence electrons. The van der Waals surface area contributed by atoms with Crippen molar-refractivity contribution in [1.82, 2.24) is 19.9 Å². The second kappa shape index (κ2) is 10.4. The average molecular weight is 536 g/mol. The lowest BCUT2D eigenvalue weighted by atomic mass is 10.0. The number of anilines is 1. The zero-order valence-corrected chi connectivity index (χ0v) is 21.6. The smallest absolute Gasteiger partial charge is 0.390 e. The number of aryl methyl sites for hydroxylation is 1. The van der Waals surface area contributed by atoms with E-state index in [1.165, 1.54) is 0 Å². The summed E-state index contributed by atoms with van der Waals surface area (Å²) in [5, 5.41) is 10.6. The first kappa shape index (κ1) is 26.3. The molecule has 0 atom stereocenters. The zero-order chi connectivity index (χ0) is 27.7. The van der Waals surface area contributed by atoms with Crippen molar-refractivity contribution in [3.63, 3.8) is 0 Å². The largest absolute Gasteiger partial charge is 0.497 e. The molecule has 10 heteroatoms. The number of halogens is 3. The van der Waals surface area contributed by atoms with Crippen molar-refractivity contribution in [3.05, 3.63) is 83.7 Å². The lowest BCUT2D eigenvalue weighted by molar-refractivity contribution is -0.131. The molecule has 2 N–H and O–H groups in total. The molecule has 7 nitrogen and oxygen atoms in total. The Bertz CT molecular complexity index is 1540. The second-order valence-electron chi connectivity index (χ2n) is 9.60. The summed E-state index contributed by atoms with van der Waals surface area (Å²) in [6, 6.07) is 14.7. The van der Waals surface area contributed by atoms with Crippen LogP contribution in [0.5, 0.6) is 5.75 Å². The molecule has 1 aliphatic carbocycles. The van der Waals surface area contributed by atoms with Crippen LogP contribution < -0.4 is 15.4 Å². The second-order valence-corrected chi connectivity index (χ2v) is 9.60. The Balaban J connectivity index is 1.54. The van der Waals surface area contributed by atoms with E-state index in [0.717, 1.165) is 29.5 Å². The van der Waals surface area contributed by atoms with Gasteiger partial charge in [0.15, 0.2) is 5.65 Å². The maximum atomic E-state index is 12.9. The quantitative estimate of drug-likeness (QED) is 0.274. The number of alkyl halides is 3. The molecule has 0 saturated heterocycles. The Morgan fingerprint density at radius 1 is 1.15 bits per heavy atom. The maximum Gasteiger partial charge on any atom is 0.390 e. The van der Waals surface area contributed by atoms with Gasteiger partial charge in [0.05, 0.1) is 36.8 Å². The number of hydrogen-bond acceptors (Lipinski definition) is 5. The highest BCUT2D eigenvalue weighted by molar-refractivity contribution is 5.96. The highest BCUT2D eigenvalue weighted by Gasteiger charge is 2.27. The third-order valence-electron chi connectivity index (χ3n) is 6.62. The number of nitrogens with zero attached hydrogens (tertiary/aromatic N) is 3. The number of benzene rings is 2. The van der Waals surface area contributed by atoms with Gasteiger partial charge < -0.3 is 15.4 Å².